The number of amides is 1. The number of aromatic nitrogens is 1. The second-order valence-electron chi connectivity index (χ2n) is 5.19. The van der Waals surface area contributed by atoms with Gasteiger partial charge in [-0.05, 0) is 30.5 Å². The van der Waals surface area contributed by atoms with Gasteiger partial charge >= 0.3 is 0 Å². The lowest BCUT2D eigenvalue weighted by atomic mass is 10.2. The minimum atomic E-state index is -0.150. The van der Waals surface area contributed by atoms with Gasteiger partial charge in [-0.25, -0.2) is 0 Å². The first-order valence-corrected chi connectivity index (χ1v) is 8.09. The van der Waals surface area contributed by atoms with Crippen molar-refractivity contribution >= 4 is 28.1 Å². The molecule has 3 rings (SSSR count). The number of hydrogen-bond acceptors (Lipinski definition) is 4. The van der Waals surface area contributed by atoms with Crippen molar-refractivity contribution in [1.82, 2.24) is 10.3 Å². The molecule has 0 spiro atoms. The molecule has 0 aliphatic rings. The van der Waals surface area contributed by atoms with E-state index in [2.05, 4.69) is 10.3 Å². The van der Waals surface area contributed by atoms with Crippen LogP contribution in [0.1, 0.15) is 28.3 Å². The van der Waals surface area contributed by atoms with Gasteiger partial charge < -0.3 is 19.8 Å². The Labute approximate surface area is 138 Å². The van der Waals surface area contributed by atoms with E-state index >= 15 is 0 Å². The number of fused-ring (bicyclic) bond motifs is 1. The average molecular weight is 330 g/mol. The van der Waals surface area contributed by atoms with Crippen LogP contribution in [0.4, 0.5) is 0 Å². The maximum atomic E-state index is 12.5. The molecule has 1 atom stereocenters. The van der Waals surface area contributed by atoms with E-state index in [0.29, 0.717) is 17.2 Å². The minimum absolute atomic E-state index is 0.0367. The fraction of sp³-hybridized carbons (Fsp3) is 0.235. The van der Waals surface area contributed by atoms with Gasteiger partial charge in [-0.15, -0.1) is 11.3 Å². The number of hydrogen-bond donors (Lipinski definition) is 2. The highest BCUT2D eigenvalue weighted by Gasteiger charge is 2.16. The largest absolute Gasteiger partial charge is 0.497 e. The van der Waals surface area contributed by atoms with Crippen LogP contribution in [0, 0.1) is 0 Å². The van der Waals surface area contributed by atoms with E-state index in [9.17, 15) is 4.79 Å². The van der Waals surface area contributed by atoms with Crippen molar-refractivity contribution in [2.24, 2.45) is 0 Å². The number of rotatable bonds is 5. The van der Waals surface area contributed by atoms with Gasteiger partial charge in [0.05, 0.1) is 25.8 Å². The maximum Gasteiger partial charge on any atom is 0.268 e. The first-order chi connectivity index (χ1) is 11.1. The molecule has 5 nitrogen and oxygen atoms in total. The van der Waals surface area contributed by atoms with Crippen molar-refractivity contribution in [2.45, 2.75) is 13.0 Å². The number of nitrogens with one attached hydrogen (secondary N) is 2. The van der Waals surface area contributed by atoms with Crippen LogP contribution in [-0.4, -0.2) is 25.1 Å². The van der Waals surface area contributed by atoms with Crippen LogP contribution in [-0.2, 0) is 0 Å². The average Bonchev–Trinajstić information content (AvgIpc) is 3.22. The zero-order chi connectivity index (χ0) is 16.4. The Bertz CT molecular complexity index is 824. The molecule has 1 aromatic carbocycles. The van der Waals surface area contributed by atoms with Crippen molar-refractivity contribution in [1.29, 1.82) is 0 Å². The Morgan fingerprint density at radius 3 is 2.74 bits per heavy atom. The Balaban J connectivity index is 1.89. The molecule has 0 saturated heterocycles. The predicted molar refractivity (Wildman–Crippen MR) is 91.6 cm³/mol. The van der Waals surface area contributed by atoms with Gasteiger partial charge in [0.2, 0.25) is 0 Å². The summed E-state index contributed by atoms with van der Waals surface area (Å²) in [4.78, 5) is 16.7. The van der Waals surface area contributed by atoms with Crippen LogP contribution in [0.3, 0.4) is 0 Å². The minimum Gasteiger partial charge on any atom is -0.497 e. The normalized spacial score (nSPS) is 12.1. The molecule has 2 heterocycles. The highest BCUT2D eigenvalue weighted by atomic mass is 32.1. The number of carbonyl (C=O) groups is 1. The highest BCUT2D eigenvalue weighted by Crippen LogP contribution is 2.31. The molecule has 0 radical (unpaired) electrons. The fourth-order valence-corrected chi connectivity index (χ4v) is 3.20. The van der Waals surface area contributed by atoms with Crippen molar-refractivity contribution in [3.8, 4) is 11.5 Å². The molecule has 6 heteroatoms. The van der Waals surface area contributed by atoms with E-state index in [1.165, 1.54) is 0 Å². The number of H-pyrrole nitrogens is 1. The summed E-state index contributed by atoms with van der Waals surface area (Å²) < 4.78 is 10.6. The van der Waals surface area contributed by atoms with E-state index in [1.807, 2.05) is 30.5 Å². The Kier molecular flexibility index (Phi) is 4.25. The molecule has 1 amide bonds. The standard InChI is InChI=1S/C17H18N2O3S/c1-10(15-5-4-6-23-15)18-17(20)13-8-11-7-12(21-2)9-14(22-3)16(11)19-13/h4-10,19H,1-3H3,(H,18,20). The van der Waals surface area contributed by atoms with Gasteiger partial charge in [0.15, 0.2) is 0 Å². The summed E-state index contributed by atoms with van der Waals surface area (Å²) in [7, 11) is 3.19. The third-order valence-corrected chi connectivity index (χ3v) is 4.74. The predicted octanol–water partition coefficient (Wildman–Crippen LogP) is 3.74. The smallest absolute Gasteiger partial charge is 0.268 e. The molecule has 0 aliphatic carbocycles. The Morgan fingerprint density at radius 1 is 1.26 bits per heavy atom. The summed E-state index contributed by atoms with van der Waals surface area (Å²) in [5.74, 6) is 1.18. The van der Waals surface area contributed by atoms with Crippen molar-refractivity contribution in [3.63, 3.8) is 0 Å². The molecule has 2 aromatic heterocycles. The number of methoxy groups -OCH3 is 2. The quantitative estimate of drug-likeness (QED) is 0.749. The van der Waals surface area contributed by atoms with E-state index in [0.717, 1.165) is 15.8 Å². The first-order valence-electron chi connectivity index (χ1n) is 7.21. The van der Waals surface area contributed by atoms with Gasteiger partial charge in [-0.2, -0.15) is 0 Å². The topological polar surface area (TPSA) is 63.4 Å². The van der Waals surface area contributed by atoms with E-state index < -0.39 is 0 Å². The van der Waals surface area contributed by atoms with Crippen LogP contribution < -0.4 is 14.8 Å². The molecule has 120 valence electrons. The molecule has 3 aromatic rings. The van der Waals surface area contributed by atoms with Crippen LogP contribution in [0.2, 0.25) is 0 Å². The number of thiophene rings is 1. The second kappa shape index (κ2) is 6.34. The third kappa shape index (κ3) is 3.03. The number of aromatic amines is 1. The lowest BCUT2D eigenvalue weighted by Crippen LogP contribution is -2.26. The summed E-state index contributed by atoms with van der Waals surface area (Å²) >= 11 is 1.62. The Morgan fingerprint density at radius 2 is 2.09 bits per heavy atom. The van der Waals surface area contributed by atoms with Gasteiger partial charge in [-0.3, -0.25) is 4.79 Å². The summed E-state index contributed by atoms with van der Waals surface area (Å²) in [5.41, 5.74) is 1.28. The number of ether oxygens (including phenoxy) is 2. The molecular formula is C17H18N2O3S. The SMILES string of the molecule is COc1cc(OC)c2[nH]c(C(=O)NC(C)c3cccs3)cc2c1. The second-order valence-corrected chi connectivity index (χ2v) is 6.17. The van der Waals surface area contributed by atoms with Crippen molar-refractivity contribution < 1.29 is 14.3 Å². The molecule has 0 saturated carbocycles. The summed E-state index contributed by atoms with van der Waals surface area (Å²) in [6, 6.07) is 9.40. The zero-order valence-electron chi connectivity index (χ0n) is 13.2. The number of benzene rings is 1. The van der Waals surface area contributed by atoms with Gasteiger partial charge in [0.1, 0.15) is 17.2 Å². The van der Waals surface area contributed by atoms with Gasteiger partial charge in [-0.1, -0.05) is 6.07 Å². The molecule has 0 bridgehead atoms. The van der Waals surface area contributed by atoms with Gasteiger partial charge in [0.25, 0.3) is 5.91 Å². The van der Waals surface area contributed by atoms with Crippen LogP contribution in [0.15, 0.2) is 35.7 Å². The summed E-state index contributed by atoms with van der Waals surface area (Å²) in [6.07, 6.45) is 0. The van der Waals surface area contributed by atoms with E-state index in [-0.39, 0.29) is 11.9 Å². The Hall–Kier alpha value is -2.47. The van der Waals surface area contributed by atoms with E-state index in [4.69, 9.17) is 9.47 Å². The molecular weight excluding hydrogens is 312 g/mol. The lowest BCUT2D eigenvalue weighted by Gasteiger charge is -2.11. The lowest BCUT2D eigenvalue weighted by molar-refractivity contribution is 0.0936. The monoisotopic (exact) mass is 330 g/mol. The number of carbonyl (C=O) groups excluding carboxylic acids is 1. The van der Waals surface area contributed by atoms with Crippen molar-refractivity contribution in [2.75, 3.05) is 14.2 Å². The van der Waals surface area contributed by atoms with Crippen LogP contribution >= 0.6 is 11.3 Å². The fourth-order valence-electron chi connectivity index (χ4n) is 2.47. The molecule has 2 N–H and O–H groups in total. The highest BCUT2D eigenvalue weighted by molar-refractivity contribution is 7.10. The zero-order valence-corrected chi connectivity index (χ0v) is 14.0. The molecule has 23 heavy (non-hydrogen) atoms. The molecule has 1 unspecified atom stereocenters. The third-order valence-electron chi connectivity index (χ3n) is 3.68. The van der Waals surface area contributed by atoms with E-state index in [1.54, 1.807) is 37.7 Å². The summed E-state index contributed by atoms with van der Waals surface area (Å²) in [6.45, 7) is 1.97. The van der Waals surface area contributed by atoms with Crippen molar-refractivity contribution in [3.05, 3.63) is 46.3 Å². The van der Waals surface area contributed by atoms with Crippen LogP contribution in [0.25, 0.3) is 10.9 Å². The van der Waals surface area contributed by atoms with Crippen LogP contribution in [0.5, 0.6) is 11.5 Å². The molecule has 0 fully saturated rings. The summed E-state index contributed by atoms with van der Waals surface area (Å²) in [5, 5.41) is 5.86. The maximum absolute atomic E-state index is 12.5. The molecule has 0 aliphatic heterocycles. The van der Waals surface area contributed by atoms with Gasteiger partial charge in [0, 0.05) is 16.3 Å². The first kappa shape index (κ1) is 15.4.